The largest absolute Gasteiger partial charge is 0.399 e. The second-order valence-electron chi connectivity index (χ2n) is 5.50. The maximum absolute atomic E-state index is 12.3. The van der Waals surface area contributed by atoms with Crippen molar-refractivity contribution in [3.8, 4) is 0 Å². The molecule has 1 aromatic rings. The molecule has 1 fully saturated rings. The van der Waals surface area contributed by atoms with Crippen molar-refractivity contribution in [2.75, 3.05) is 12.3 Å². The number of hydrogen-bond donors (Lipinski definition) is 2. The first-order valence-electron chi connectivity index (χ1n) is 7.14. The Morgan fingerprint density at radius 1 is 1.14 bits per heavy atom. The lowest BCUT2D eigenvalue weighted by molar-refractivity contribution is 0.339. The van der Waals surface area contributed by atoms with Gasteiger partial charge in [-0.15, -0.1) is 0 Å². The summed E-state index contributed by atoms with van der Waals surface area (Å²) in [7, 11) is -3.71. The van der Waals surface area contributed by atoms with Crippen LogP contribution in [0.1, 0.15) is 38.5 Å². The number of benzene rings is 1. The Labute approximate surface area is 136 Å². The van der Waals surface area contributed by atoms with E-state index in [1.165, 1.54) is 44.2 Å². The number of anilines is 1. The van der Waals surface area contributed by atoms with Crippen LogP contribution in [0.5, 0.6) is 0 Å². The lowest BCUT2D eigenvalue weighted by atomic mass is 9.87. The van der Waals surface area contributed by atoms with Crippen molar-refractivity contribution >= 4 is 38.9 Å². The number of nitrogens with two attached hydrogens (primary N) is 1. The maximum Gasteiger partial charge on any atom is 0.243 e. The maximum atomic E-state index is 12.3. The fraction of sp³-hybridized carbons (Fsp3) is 0.571. The van der Waals surface area contributed by atoms with Crippen molar-refractivity contribution in [1.82, 2.24) is 4.72 Å². The highest BCUT2D eigenvalue weighted by molar-refractivity contribution is 7.89. The van der Waals surface area contributed by atoms with Crippen LogP contribution in [0.25, 0.3) is 0 Å². The van der Waals surface area contributed by atoms with Crippen LogP contribution in [0.3, 0.4) is 0 Å². The van der Waals surface area contributed by atoms with E-state index in [4.69, 9.17) is 28.9 Å². The number of hydrogen-bond acceptors (Lipinski definition) is 3. The molecule has 0 aliphatic heterocycles. The Morgan fingerprint density at radius 2 is 1.71 bits per heavy atom. The third-order valence-electron chi connectivity index (χ3n) is 3.86. The molecule has 7 heteroatoms. The number of sulfonamides is 1. The van der Waals surface area contributed by atoms with Crippen molar-refractivity contribution in [2.45, 2.75) is 43.4 Å². The van der Waals surface area contributed by atoms with Crippen LogP contribution in [0.15, 0.2) is 17.0 Å². The summed E-state index contributed by atoms with van der Waals surface area (Å²) in [5.41, 5.74) is 5.92. The molecule has 3 N–H and O–H groups in total. The molecule has 0 heterocycles. The van der Waals surface area contributed by atoms with Gasteiger partial charge in [-0.05, 0) is 24.5 Å². The molecule has 1 aliphatic rings. The topological polar surface area (TPSA) is 72.2 Å². The van der Waals surface area contributed by atoms with Crippen molar-refractivity contribution in [1.29, 1.82) is 0 Å². The summed E-state index contributed by atoms with van der Waals surface area (Å²) in [6.07, 6.45) is 7.00. The van der Waals surface area contributed by atoms with Gasteiger partial charge in [-0.2, -0.15) is 0 Å². The van der Waals surface area contributed by atoms with Gasteiger partial charge in [0.25, 0.3) is 0 Å². The third kappa shape index (κ3) is 4.49. The van der Waals surface area contributed by atoms with E-state index in [0.717, 1.165) is 6.42 Å². The molecular weight excluding hydrogens is 331 g/mol. The zero-order valence-corrected chi connectivity index (χ0v) is 14.1. The fourth-order valence-electron chi connectivity index (χ4n) is 2.78. The summed E-state index contributed by atoms with van der Waals surface area (Å²) >= 11 is 11.9. The van der Waals surface area contributed by atoms with Crippen LogP contribution in [-0.2, 0) is 10.0 Å². The molecule has 0 spiro atoms. The Kier molecular flexibility index (Phi) is 5.77. The average Bonchev–Trinajstić information content (AvgIpc) is 2.38. The minimum Gasteiger partial charge on any atom is -0.399 e. The predicted molar refractivity (Wildman–Crippen MR) is 87.3 cm³/mol. The molecule has 2 rings (SSSR count). The minimum absolute atomic E-state index is 0.0465. The molecule has 1 aromatic carbocycles. The van der Waals surface area contributed by atoms with Gasteiger partial charge in [-0.3, -0.25) is 0 Å². The fourth-order valence-corrected chi connectivity index (χ4v) is 5.06. The van der Waals surface area contributed by atoms with E-state index < -0.39 is 10.0 Å². The van der Waals surface area contributed by atoms with E-state index in [2.05, 4.69) is 4.72 Å². The molecule has 0 bridgehead atoms. The summed E-state index contributed by atoms with van der Waals surface area (Å²) in [5, 5.41) is 0.0929. The molecule has 21 heavy (non-hydrogen) atoms. The second kappa shape index (κ2) is 7.18. The minimum atomic E-state index is -3.71. The number of nitrogens with one attached hydrogen (secondary N) is 1. The van der Waals surface area contributed by atoms with Crippen LogP contribution in [0, 0.1) is 5.92 Å². The van der Waals surface area contributed by atoms with Crippen molar-refractivity contribution in [3.05, 3.63) is 22.2 Å². The Balaban J connectivity index is 2.01. The smallest absolute Gasteiger partial charge is 0.243 e. The van der Waals surface area contributed by atoms with Gasteiger partial charge in [-0.25, -0.2) is 13.1 Å². The molecule has 1 aliphatic carbocycles. The van der Waals surface area contributed by atoms with Crippen LogP contribution in [-0.4, -0.2) is 15.0 Å². The van der Waals surface area contributed by atoms with Crippen LogP contribution in [0.2, 0.25) is 10.0 Å². The van der Waals surface area contributed by atoms with Gasteiger partial charge in [0.2, 0.25) is 10.0 Å². The van der Waals surface area contributed by atoms with Crippen molar-refractivity contribution in [2.24, 2.45) is 5.92 Å². The summed E-state index contributed by atoms with van der Waals surface area (Å²) in [6.45, 7) is 0.407. The van der Waals surface area contributed by atoms with E-state index in [1.807, 2.05) is 0 Å². The predicted octanol–water partition coefficient (Wildman–Crippen LogP) is 3.82. The van der Waals surface area contributed by atoms with Gasteiger partial charge < -0.3 is 5.73 Å². The summed E-state index contributed by atoms with van der Waals surface area (Å²) in [5.74, 6) is 0.610. The molecule has 0 amide bonds. The van der Waals surface area contributed by atoms with Gasteiger partial charge in [0.15, 0.2) is 0 Å². The molecular formula is C14H20Cl2N2O2S. The Bertz CT molecular complexity index is 576. The molecule has 0 unspecified atom stereocenters. The number of rotatable bonds is 5. The summed E-state index contributed by atoms with van der Waals surface area (Å²) in [6, 6.07) is 2.78. The highest BCUT2D eigenvalue weighted by atomic mass is 35.5. The lowest BCUT2D eigenvalue weighted by Gasteiger charge is -2.21. The number of halogens is 2. The zero-order valence-electron chi connectivity index (χ0n) is 11.7. The average molecular weight is 351 g/mol. The first-order valence-corrected chi connectivity index (χ1v) is 9.38. The lowest BCUT2D eigenvalue weighted by Crippen LogP contribution is -2.27. The Morgan fingerprint density at radius 3 is 2.29 bits per heavy atom. The molecule has 4 nitrogen and oxygen atoms in total. The van der Waals surface area contributed by atoms with Crippen LogP contribution < -0.4 is 10.5 Å². The molecule has 0 aromatic heterocycles. The van der Waals surface area contributed by atoms with E-state index in [0.29, 0.717) is 18.2 Å². The summed E-state index contributed by atoms with van der Waals surface area (Å²) in [4.78, 5) is -0.0938. The molecule has 0 radical (unpaired) electrons. The monoisotopic (exact) mass is 350 g/mol. The van der Waals surface area contributed by atoms with E-state index >= 15 is 0 Å². The van der Waals surface area contributed by atoms with Crippen LogP contribution >= 0.6 is 23.2 Å². The first-order chi connectivity index (χ1) is 9.90. The molecule has 1 saturated carbocycles. The molecule has 118 valence electrons. The molecule has 0 atom stereocenters. The van der Waals surface area contributed by atoms with E-state index in [-0.39, 0.29) is 14.9 Å². The van der Waals surface area contributed by atoms with Crippen molar-refractivity contribution in [3.63, 3.8) is 0 Å². The quantitative estimate of drug-likeness (QED) is 0.792. The van der Waals surface area contributed by atoms with Crippen LogP contribution in [0.4, 0.5) is 5.69 Å². The zero-order chi connectivity index (χ0) is 15.5. The Hall–Kier alpha value is -0.490. The summed E-state index contributed by atoms with van der Waals surface area (Å²) < 4.78 is 27.2. The van der Waals surface area contributed by atoms with Crippen molar-refractivity contribution < 1.29 is 8.42 Å². The van der Waals surface area contributed by atoms with E-state index in [1.54, 1.807) is 0 Å². The third-order valence-corrected chi connectivity index (χ3v) is 6.24. The van der Waals surface area contributed by atoms with E-state index in [9.17, 15) is 8.42 Å². The van der Waals surface area contributed by atoms with Gasteiger partial charge in [0, 0.05) is 12.2 Å². The highest BCUT2D eigenvalue weighted by Crippen LogP contribution is 2.32. The van der Waals surface area contributed by atoms with Gasteiger partial charge >= 0.3 is 0 Å². The first kappa shape index (κ1) is 16.9. The van der Waals surface area contributed by atoms with Gasteiger partial charge in [0.1, 0.15) is 4.90 Å². The number of nitrogen functional groups attached to an aromatic ring is 1. The standard InChI is InChI=1S/C14H20Cl2N2O2S/c15-12-8-11(17)9-13(16)14(12)21(19,20)18-7-6-10-4-2-1-3-5-10/h8-10,18H,1-7,17H2. The SMILES string of the molecule is Nc1cc(Cl)c(S(=O)(=O)NCCC2CCCCC2)c(Cl)c1. The van der Waals surface area contributed by atoms with Gasteiger partial charge in [0.05, 0.1) is 10.0 Å². The second-order valence-corrected chi connectivity index (χ2v) is 8.02. The normalized spacial score (nSPS) is 17.0. The highest BCUT2D eigenvalue weighted by Gasteiger charge is 2.22. The molecule has 0 saturated heterocycles. The van der Waals surface area contributed by atoms with Gasteiger partial charge in [-0.1, -0.05) is 55.3 Å².